The van der Waals surface area contributed by atoms with E-state index in [-0.39, 0.29) is 5.97 Å². The lowest BCUT2D eigenvalue weighted by Crippen LogP contribution is -2.02. The summed E-state index contributed by atoms with van der Waals surface area (Å²) in [6.45, 7) is 2.23. The Labute approximate surface area is 135 Å². The molecule has 0 saturated heterocycles. The van der Waals surface area contributed by atoms with Crippen LogP contribution in [0.1, 0.15) is 84.0 Å². The third-order valence-electron chi connectivity index (χ3n) is 4.56. The van der Waals surface area contributed by atoms with Crippen LogP contribution in [0.5, 0.6) is 0 Å². The number of hydrogen-bond donors (Lipinski definition) is 0. The lowest BCUT2D eigenvalue weighted by Gasteiger charge is -2.10. The maximum atomic E-state index is 12.0. The van der Waals surface area contributed by atoms with Gasteiger partial charge in [0.2, 0.25) is 0 Å². The molecule has 0 N–H and O–H groups in total. The highest BCUT2D eigenvalue weighted by molar-refractivity contribution is 5.97. The maximum Gasteiger partial charge on any atom is 0.305 e. The van der Waals surface area contributed by atoms with Crippen molar-refractivity contribution in [2.24, 2.45) is 5.92 Å². The van der Waals surface area contributed by atoms with Crippen molar-refractivity contribution < 1.29 is 14.3 Å². The lowest BCUT2D eigenvalue weighted by atomic mass is 9.94. The molecule has 1 aliphatic carbocycles. The quantitative estimate of drug-likeness (QED) is 0.307. The molecule has 0 radical (unpaired) electrons. The van der Waals surface area contributed by atoms with E-state index in [1.54, 1.807) is 0 Å². The summed E-state index contributed by atoms with van der Waals surface area (Å²) in [7, 11) is 1.43. The van der Waals surface area contributed by atoms with Gasteiger partial charge < -0.3 is 4.74 Å². The molecule has 3 nitrogen and oxygen atoms in total. The predicted molar refractivity (Wildman–Crippen MR) is 89.7 cm³/mol. The molecule has 22 heavy (non-hydrogen) atoms. The minimum absolute atomic E-state index is 0.128. The molecule has 0 aliphatic heterocycles. The molecule has 0 amide bonds. The minimum atomic E-state index is -0.128. The highest BCUT2D eigenvalue weighted by atomic mass is 16.5. The highest BCUT2D eigenvalue weighted by Crippen LogP contribution is 2.33. The minimum Gasteiger partial charge on any atom is -0.469 e. The Bertz CT molecular complexity index is 371. The monoisotopic (exact) mass is 308 g/mol. The molecule has 126 valence electrons. The van der Waals surface area contributed by atoms with Crippen molar-refractivity contribution in [1.82, 2.24) is 0 Å². The molecule has 0 aromatic rings. The van der Waals surface area contributed by atoms with E-state index < -0.39 is 0 Å². The Kier molecular flexibility index (Phi) is 9.85. The number of hydrogen-bond acceptors (Lipinski definition) is 3. The van der Waals surface area contributed by atoms with E-state index in [9.17, 15) is 9.59 Å². The number of carbonyl (C=O) groups excluding carboxylic acids is 2. The number of unbranched alkanes of at least 4 members (excludes halogenated alkanes) is 6. The Morgan fingerprint density at radius 3 is 2.68 bits per heavy atom. The third-order valence-corrected chi connectivity index (χ3v) is 4.56. The molecule has 1 atom stereocenters. The van der Waals surface area contributed by atoms with Crippen LogP contribution in [0.3, 0.4) is 0 Å². The van der Waals surface area contributed by atoms with Gasteiger partial charge in [-0.1, -0.05) is 45.1 Å². The second kappa shape index (κ2) is 11.4. The molecule has 1 unspecified atom stereocenters. The van der Waals surface area contributed by atoms with Gasteiger partial charge in [-0.2, -0.15) is 0 Å². The van der Waals surface area contributed by atoms with Gasteiger partial charge in [-0.15, -0.1) is 0 Å². The lowest BCUT2D eigenvalue weighted by molar-refractivity contribution is -0.140. The van der Waals surface area contributed by atoms with Crippen molar-refractivity contribution in [3.8, 4) is 0 Å². The summed E-state index contributed by atoms with van der Waals surface area (Å²) in [5, 5.41) is 0. The average molecular weight is 308 g/mol. The first-order valence-corrected chi connectivity index (χ1v) is 8.99. The number of carbonyl (C=O) groups is 2. The van der Waals surface area contributed by atoms with Gasteiger partial charge >= 0.3 is 5.97 Å². The highest BCUT2D eigenvalue weighted by Gasteiger charge is 2.27. The van der Waals surface area contributed by atoms with Crippen LogP contribution in [-0.4, -0.2) is 18.9 Å². The van der Waals surface area contributed by atoms with Gasteiger partial charge in [0.1, 0.15) is 0 Å². The van der Waals surface area contributed by atoms with Crippen LogP contribution in [0, 0.1) is 5.92 Å². The molecular weight excluding hydrogens is 276 g/mol. The van der Waals surface area contributed by atoms with Crippen molar-refractivity contribution in [2.75, 3.05) is 7.11 Å². The molecule has 0 heterocycles. The first-order chi connectivity index (χ1) is 10.7. The van der Waals surface area contributed by atoms with Crippen LogP contribution in [0.2, 0.25) is 0 Å². The van der Waals surface area contributed by atoms with E-state index in [1.165, 1.54) is 39.2 Å². The number of allylic oxidation sites excluding steroid dienone is 2. The fourth-order valence-corrected chi connectivity index (χ4v) is 3.18. The largest absolute Gasteiger partial charge is 0.469 e. The standard InChI is InChI=1S/C19H32O3/c1-3-4-5-8-11-16-14-15-18(20)17(16)12-9-6-7-10-13-19(21)22-2/h12,16H,3-11,13-15H2,1-2H3/b17-12+. The van der Waals surface area contributed by atoms with Crippen molar-refractivity contribution in [3.63, 3.8) is 0 Å². The normalized spacial score (nSPS) is 19.8. The first-order valence-electron chi connectivity index (χ1n) is 8.99. The molecule has 3 heteroatoms. The number of esters is 1. The van der Waals surface area contributed by atoms with Crippen LogP contribution in [0.15, 0.2) is 11.6 Å². The Morgan fingerprint density at radius 2 is 1.95 bits per heavy atom. The molecule has 0 bridgehead atoms. The second-order valence-corrected chi connectivity index (χ2v) is 6.34. The van der Waals surface area contributed by atoms with Gasteiger partial charge in [0.25, 0.3) is 0 Å². The number of ketones is 1. The number of methoxy groups -OCH3 is 1. The topological polar surface area (TPSA) is 43.4 Å². The smallest absolute Gasteiger partial charge is 0.305 e. The van der Waals surface area contributed by atoms with E-state index in [1.807, 2.05) is 0 Å². The number of rotatable bonds is 11. The predicted octanol–water partition coefficient (Wildman–Crippen LogP) is 4.99. The van der Waals surface area contributed by atoms with Gasteiger partial charge in [-0.25, -0.2) is 0 Å². The SMILES string of the molecule is CCCCCCC1CCC(=O)/C1=C/CCCCCC(=O)OC. The summed E-state index contributed by atoms with van der Waals surface area (Å²) in [5.41, 5.74) is 1.10. The van der Waals surface area contributed by atoms with Gasteiger partial charge in [-0.3, -0.25) is 9.59 Å². The van der Waals surface area contributed by atoms with Crippen LogP contribution >= 0.6 is 0 Å². The molecule has 1 rings (SSSR count). The zero-order chi connectivity index (χ0) is 16.2. The van der Waals surface area contributed by atoms with Crippen LogP contribution in [0.4, 0.5) is 0 Å². The second-order valence-electron chi connectivity index (χ2n) is 6.34. The van der Waals surface area contributed by atoms with E-state index >= 15 is 0 Å². The van der Waals surface area contributed by atoms with Gasteiger partial charge in [0.05, 0.1) is 7.11 Å². The summed E-state index contributed by atoms with van der Waals surface area (Å²) < 4.78 is 4.63. The fourth-order valence-electron chi connectivity index (χ4n) is 3.18. The van der Waals surface area contributed by atoms with Gasteiger partial charge in [0.15, 0.2) is 5.78 Å². The third kappa shape index (κ3) is 7.24. The molecule has 0 spiro atoms. The van der Waals surface area contributed by atoms with Crippen LogP contribution in [0.25, 0.3) is 0 Å². The number of Topliss-reactive ketones (excluding diaryl/α,β-unsaturated/α-hetero) is 1. The molecular formula is C19H32O3. The Hall–Kier alpha value is -1.12. The van der Waals surface area contributed by atoms with Gasteiger partial charge in [-0.05, 0) is 43.6 Å². The van der Waals surface area contributed by atoms with Gasteiger partial charge in [0, 0.05) is 12.8 Å². The summed E-state index contributed by atoms with van der Waals surface area (Å²) in [5.74, 6) is 0.756. The summed E-state index contributed by atoms with van der Waals surface area (Å²) in [4.78, 5) is 23.0. The molecule has 1 aliphatic rings. The molecule has 0 aromatic heterocycles. The summed E-state index contributed by atoms with van der Waals surface area (Å²) in [6.07, 6.45) is 14.7. The Balaban J connectivity index is 2.24. The van der Waals surface area contributed by atoms with Crippen LogP contribution < -0.4 is 0 Å². The van der Waals surface area contributed by atoms with Crippen molar-refractivity contribution in [1.29, 1.82) is 0 Å². The van der Waals surface area contributed by atoms with E-state index in [0.717, 1.165) is 44.1 Å². The fraction of sp³-hybridized carbons (Fsp3) is 0.789. The number of ether oxygens (including phenoxy) is 1. The Morgan fingerprint density at radius 1 is 1.18 bits per heavy atom. The van der Waals surface area contributed by atoms with Crippen molar-refractivity contribution in [2.45, 2.75) is 84.0 Å². The zero-order valence-corrected chi connectivity index (χ0v) is 14.4. The first kappa shape index (κ1) is 18.9. The van der Waals surface area contributed by atoms with Crippen LogP contribution in [-0.2, 0) is 14.3 Å². The summed E-state index contributed by atoms with van der Waals surface area (Å²) in [6, 6.07) is 0. The van der Waals surface area contributed by atoms with Crippen molar-refractivity contribution in [3.05, 3.63) is 11.6 Å². The molecule has 0 aromatic carbocycles. The summed E-state index contributed by atoms with van der Waals surface area (Å²) >= 11 is 0. The van der Waals surface area contributed by atoms with Crippen molar-refractivity contribution >= 4 is 11.8 Å². The van der Waals surface area contributed by atoms with E-state index in [2.05, 4.69) is 17.7 Å². The zero-order valence-electron chi connectivity index (χ0n) is 14.4. The maximum absolute atomic E-state index is 12.0. The molecule has 1 saturated carbocycles. The van der Waals surface area contributed by atoms with E-state index in [4.69, 9.17) is 0 Å². The van der Waals surface area contributed by atoms with E-state index in [0.29, 0.717) is 18.1 Å². The average Bonchev–Trinajstić information content (AvgIpc) is 2.87. The molecule has 1 fully saturated rings.